The van der Waals surface area contributed by atoms with E-state index >= 15 is 0 Å². The molecule has 0 saturated carbocycles. The predicted octanol–water partition coefficient (Wildman–Crippen LogP) is 0.0290. The molecule has 1 unspecified atom stereocenters. The number of nitrogens with zero attached hydrogens (tertiary/aromatic N) is 1. The van der Waals surface area contributed by atoms with E-state index in [1.165, 1.54) is 4.90 Å². The first-order valence-corrected chi connectivity index (χ1v) is 4.27. The number of hydrogen-bond acceptors (Lipinski definition) is 4. The third kappa shape index (κ3) is 1.54. The molecule has 5 heteroatoms. The molecule has 0 aromatic carbocycles. The van der Waals surface area contributed by atoms with Gasteiger partial charge in [-0.2, -0.15) is 0 Å². The van der Waals surface area contributed by atoms with Gasteiger partial charge in [-0.3, -0.25) is 14.5 Å². The molecule has 0 aliphatic carbocycles. The lowest BCUT2D eigenvalue weighted by molar-refractivity contribution is -0.126. The van der Waals surface area contributed by atoms with Crippen molar-refractivity contribution < 1.29 is 9.59 Å². The normalized spacial score (nSPS) is 24.9. The fourth-order valence-corrected chi connectivity index (χ4v) is 1.74. The second-order valence-electron chi connectivity index (χ2n) is 2.30. The molecule has 11 heavy (non-hydrogen) atoms. The molecular formula is C6H10N2O2S. The molecule has 1 fully saturated rings. The predicted molar refractivity (Wildman–Crippen MR) is 43.2 cm³/mol. The molecule has 1 aliphatic rings. The minimum absolute atomic E-state index is 0.120. The van der Waals surface area contributed by atoms with Gasteiger partial charge in [-0.1, -0.05) is 11.8 Å². The number of carbonyl (C=O) groups is 2. The summed E-state index contributed by atoms with van der Waals surface area (Å²) < 4.78 is 0. The highest BCUT2D eigenvalue weighted by atomic mass is 32.2. The Morgan fingerprint density at radius 1 is 1.64 bits per heavy atom. The van der Waals surface area contributed by atoms with Crippen LogP contribution in [0.1, 0.15) is 6.92 Å². The van der Waals surface area contributed by atoms with Gasteiger partial charge in [0.2, 0.25) is 5.91 Å². The van der Waals surface area contributed by atoms with Gasteiger partial charge in [0.1, 0.15) is 0 Å². The zero-order chi connectivity index (χ0) is 8.43. The van der Waals surface area contributed by atoms with Crippen LogP contribution in [-0.4, -0.2) is 34.4 Å². The lowest BCUT2D eigenvalue weighted by Gasteiger charge is -2.10. The van der Waals surface area contributed by atoms with Crippen LogP contribution >= 0.6 is 11.8 Å². The monoisotopic (exact) mass is 174 g/mol. The maximum Gasteiger partial charge on any atom is 0.289 e. The Morgan fingerprint density at radius 2 is 2.27 bits per heavy atom. The van der Waals surface area contributed by atoms with Gasteiger partial charge >= 0.3 is 0 Å². The SMILES string of the molecule is CC1SC(=O)N(CCN)C1=O. The highest BCUT2D eigenvalue weighted by molar-refractivity contribution is 8.15. The zero-order valence-electron chi connectivity index (χ0n) is 6.24. The van der Waals surface area contributed by atoms with Crippen LogP contribution < -0.4 is 5.73 Å². The summed E-state index contributed by atoms with van der Waals surface area (Å²) in [6.45, 7) is 2.40. The third-order valence-corrected chi connectivity index (χ3v) is 2.44. The van der Waals surface area contributed by atoms with Crippen LogP contribution in [0.2, 0.25) is 0 Å². The van der Waals surface area contributed by atoms with Crippen LogP contribution in [0.25, 0.3) is 0 Å². The van der Waals surface area contributed by atoms with Crippen LogP contribution in [0.4, 0.5) is 4.79 Å². The first-order valence-electron chi connectivity index (χ1n) is 3.39. The molecule has 62 valence electrons. The third-order valence-electron chi connectivity index (χ3n) is 1.46. The molecule has 1 saturated heterocycles. The van der Waals surface area contributed by atoms with Gasteiger partial charge < -0.3 is 5.73 Å². The second kappa shape index (κ2) is 3.23. The number of nitrogens with two attached hydrogens (primary N) is 1. The van der Waals surface area contributed by atoms with E-state index in [1.54, 1.807) is 6.92 Å². The van der Waals surface area contributed by atoms with Crippen molar-refractivity contribution in [2.24, 2.45) is 5.73 Å². The van der Waals surface area contributed by atoms with Crippen LogP contribution in [0.5, 0.6) is 0 Å². The molecule has 2 N–H and O–H groups in total. The van der Waals surface area contributed by atoms with Gasteiger partial charge in [-0.25, -0.2) is 0 Å². The van der Waals surface area contributed by atoms with Crippen molar-refractivity contribution in [3.05, 3.63) is 0 Å². The van der Waals surface area contributed by atoms with E-state index in [9.17, 15) is 9.59 Å². The Morgan fingerprint density at radius 3 is 2.64 bits per heavy atom. The quantitative estimate of drug-likeness (QED) is 0.641. The fourth-order valence-electron chi connectivity index (χ4n) is 0.905. The lowest BCUT2D eigenvalue weighted by atomic mass is 10.4. The maximum absolute atomic E-state index is 11.1. The number of thioether (sulfide) groups is 1. The average molecular weight is 174 g/mol. The molecule has 0 aromatic heterocycles. The number of amides is 2. The first kappa shape index (κ1) is 8.55. The van der Waals surface area contributed by atoms with Crippen molar-refractivity contribution in [3.8, 4) is 0 Å². The molecule has 0 spiro atoms. The molecule has 1 atom stereocenters. The molecule has 2 amide bonds. The van der Waals surface area contributed by atoms with E-state index in [0.29, 0.717) is 13.1 Å². The minimum Gasteiger partial charge on any atom is -0.329 e. The van der Waals surface area contributed by atoms with Crippen LogP contribution in [0.15, 0.2) is 0 Å². The molecule has 1 heterocycles. The van der Waals surface area contributed by atoms with E-state index < -0.39 is 0 Å². The van der Waals surface area contributed by atoms with Crippen molar-refractivity contribution in [3.63, 3.8) is 0 Å². The highest BCUT2D eigenvalue weighted by Crippen LogP contribution is 2.25. The maximum atomic E-state index is 11.1. The Balaban J connectivity index is 2.64. The fraction of sp³-hybridized carbons (Fsp3) is 0.667. The van der Waals surface area contributed by atoms with Gasteiger partial charge in [0, 0.05) is 13.1 Å². The van der Waals surface area contributed by atoms with Gasteiger partial charge in [0.25, 0.3) is 5.24 Å². The Hall–Kier alpha value is -0.550. The summed E-state index contributed by atoms with van der Waals surface area (Å²) in [5, 5.41) is -0.401. The number of rotatable bonds is 2. The second-order valence-corrected chi connectivity index (χ2v) is 3.60. The largest absolute Gasteiger partial charge is 0.329 e. The van der Waals surface area contributed by atoms with Crippen LogP contribution in [0.3, 0.4) is 0 Å². The lowest BCUT2D eigenvalue weighted by Crippen LogP contribution is -2.34. The van der Waals surface area contributed by atoms with Crippen LogP contribution in [0, 0.1) is 0 Å². The summed E-state index contributed by atoms with van der Waals surface area (Å²) in [7, 11) is 0. The van der Waals surface area contributed by atoms with Crippen molar-refractivity contribution in [2.75, 3.05) is 13.1 Å². The van der Waals surface area contributed by atoms with E-state index in [2.05, 4.69) is 0 Å². The van der Waals surface area contributed by atoms with Gasteiger partial charge in [0.15, 0.2) is 0 Å². The van der Waals surface area contributed by atoms with Gasteiger partial charge in [-0.15, -0.1) is 0 Å². The summed E-state index contributed by atoms with van der Waals surface area (Å²) in [5.74, 6) is -0.120. The van der Waals surface area contributed by atoms with Crippen molar-refractivity contribution in [1.82, 2.24) is 4.90 Å². The topological polar surface area (TPSA) is 63.4 Å². The van der Waals surface area contributed by atoms with E-state index in [1.807, 2.05) is 0 Å². The molecule has 0 radical (unpaired) electrons. The van der Waals surface area contributed by atoms with Crippen molar-refractivity contribution >= 4 is 22.9 Å². The molecular weight excluding hydrogens is 164 g/mol. The summed E-state index contributed by atoms with van der Waals surface area (Å²) in [6.07, 6.45) is 0. The van der Waals surface area contributed by atoms with E-state index in [4.69, 9.17) is 5.73 Å². The smallest absolute Gasteiger partial charge is 0.289 e. The average Bonchev–Trinajstić information content (AvgIpc) is 2.17. The van der Waals surface area contributed by atoms with Crippen molar-refractivity contribution in [2.45, 2.75) is 12.2 Å². The molecule has 1 aliphatic heterocycles. The van der Waals surface area contributed by atoms with Crippen molar-refractivity contribution in [1.29, 1.82) is 0 Å². The van der Waals surface area contributed by atoms with Gasteiger partial charge in [0.05, 0.1) is 5.25 Å². The van der Waals surface area contributed by atoms with E-state index in [0.717, 1.165) is 11.8 Å². The van der Waals surface area contributed by atoms with Crippen LogP contribution in [-0.2, 0) is 4.79 Å². The standard InChI is InChI=1S/C6H10N2O2S/c1-4-5(9)8(3-2-7)6(10)11-4/h4H,2-3,7H2,1H3. The molecule has 0 bridgehead atoms. The molecule has 1 rings (SSSR count). The summed E-state index contributed by atoms with van der Waals surface area (Å²) in [5.41, 5.74) is 5.22. The Bertz CT molecular complexity index is 195. The van der Waals surface area contributed by atoms with Gasteiger partial charge in [-0.05, 0) is 6.92 Å². The first-order chi connectivity index (χ1) is 5.16. The summed E-state index contributed by atoms with van der Waals surface area (Å²) in [4.78, 5) is 23.3. The zero-order valence-corrected chi connectivity index (χ0v) is 7.06. The molecule has 4 nitrogen and oxygen atoms in total. The van der Waals surface area contributed by atoms with E-state index in [-0.39, 0.29) is 16.4 Å². The number of hydrogen-bond donors (Lipinski definition) is 1. The summed E-state index contributed by atoms with van der Waals surface area (Å²) in [6, 6.07) is 0. The number of carbonyl (C=O) groups excluding carboxylic acids is 2. The Kier molecular flexibility index (Phi) is 2.51. The Labute approximate surface area is 69.1 Å². The number of imide groups is 1. The highest BCUT2D eigenvalue weighted by Gasteiger charge is 2.35. The minimum atomic E-state index is -0.228. The molecule has 0 aromatic rings. The summed E-state index contributed by atoms with van der Waals surface area (Å²) >= 11 is 1.06.